The third kappa shape index (κ3) is 4.43. The highest BCUT2D eigenvalue weighted by Crippen LogP contribution is 2.33. The van der Waals surface area contributed by atoms with Crippen LogP contribution in [0.5, 0.6) is 11.5 Å². The predicted octanol–water partition coefficient (Wildman–Crippen LogP) is 3.62. The highest BCUT2D eigenvalue weighted by molar-refractivity contribution is 5.89. The molecule has 25 heavy (non-hydrogen) atoms. The van der Waals surface area contributed by atoms with E-state index in [1.807, 2.05) is 25.1 Å². The van der Waals surface area contributed by atoms with Gasteiger partial charge < -0.3 is 20.1 Å². The number of hydrogen-bond donors (Lipinski definition) is 3. The summed E-state index contributed by atoms with van der Waals surface area (Å²) in [4.78, 5) is 12.0. The van der Waals surface area contributed by atoms with E-state index in [1.54, 1.807) is 19.5 Å². The van der Waals surface area contributed by atoms with Crippen molar-refractivity contribution in [3.05, 3.63) is 36.2 Å². The van der Waals surface area contributed by atoms with Gasteiger partial charge in [-0.2, -0.15) is 5.10 Å². The fraction of sp³-hybridized carbons (Fsp3) is 0.444. The van der Waals surface area contributed by atoms with Gasteiger partial charge in [0.05, 0.1) is 31.1 Å². The van der Waals surface area contributed by atoms with Crippen LogP contribution in [0.4, 0.5) is 10.5 Å². The van der Waals surface area contributed by atoms with E-state index in [1.165, 1.54) is 12.8 Å². The SMILES string of the molecule is COc1cc([C@H](C)NC(=O)Nc2cn[nH]c2)ccc1OC1CCCC1. The molecule has 0 bridgehead atoms. The van der Waals surface area contributed by atoms with Crippen molar-refractivity contribution in [3.63, 3.8) is 0 Å². The Kier molecular flexibility index (Phi) is 5.42. The summed E-state index contributed by atoms with van der Waals surface area (Å²) in [6.45, 7) is 1.92. The third-order valence-electron chi connectivity index (χ3n) is 4.39. The van der Waals surface area contributed by atoms with Crippen LogP contribution in [0.2, 0.25) is 0 Å². The molecule has 0 aliphatic heterocycles. The zero-order valence-corrected chi connectivity index (χ0v) is 14.5. The average Bonchev–Trinajstić information content (AvgIpc) is 3.29. The monoisotopic (exact) mass is 344 g/mol. The summed E-state index contributed by atoms with van der Waals surface area (Å²) in [5.74, 6) is 1.45. The second-order valence-electron chi connectivity index (χ2n) is 6.24. The number of benzene rings is 1. The largest absolute Gasteiger partial charge is 0.493 e. The lowest BCUT2D eigenvalue weighted by atomic mass is 10.1. The van der Waals surface area contributed by atoms with Gasteiger partial charge in [0.1, 0.15) is 0 Å². The summed E-state index contributed by atoms with van der Waals surface area (Å²) in [7, 11) is 1.63. The van der Waals surface area contributed by atoms with Gasteiger partial charge in [-0.05, 0) is 50.3 Å². The number of carbonyl (C=O) groups is 1. The molecule has 2 amide bonds. The molecule has 3 rings (SSSR count). The summed E-state index contributed by atoms with van der Waals surface area (Å²) < 4.78 is 11.5. The number of carbonyl (C=O) groups excluding carboxylic acids is 1. The Bertz CT molecular complexity index is 696. The Morgan fingerprint density at radius 1 is 1.32 bits per heavy atom. The van der Waals surface area contributed by atoms with Gasteiger partial charge in [-0.15, -0.1) is 0 Å². The number of H-pyrrole nitrogens is 1. The average molecular weight is 344 g/mol. The van der Waals surface area contributed by atoms with Gasteiger partial charge >= 0.3 is 6.03 Å². The molecular weight excluding hydrogens is 320 g/mol. The lowest BCUT2D eigenvalue weighted by molar-refractivity contribution is 0.200. The molecule has 0 saturated heterocycles. The van der Waals surface area contributed by atoms with E-state index >= 15 is 0 Å². The molecule has 0 spiro atoms. The molecule has 7 nitrogen and oxygen atoms in total. The number of ether oxygens (including phenoxy) is 2. The molecule has 1 heterocycles. The van der Waals surface area contributed by atoms with Crippen LogP contribution in [-0.4, -0.2) is 29.4 Å². The molecule has 1 aromatic heterocycles. The van der Waals surface area contributed by atoms with E-state index in [0.717, 1.165) is 24.2 Å². The highest BCUT2D eigenvalue weighted by Gasteiger charge is 2.19. The summed E-state index contributed by atoms with van der Waals surface area (Å²) in [5.41, 5.74) is 1.56. The second kappa shape index (κ2) is 7.92. The van der Waals surface area contributed by atoms with Crippen LogP contribution in [0.25, 0.3) is 0 Å². The maximum absolute atomic E-state index is 12.0. The lowest BCUT2D eigenvalue weighted by Crippen LogP contribution is -2.31. The number of amides is 2. The number of nitrogens with one attached hydrogen (secondary N) is 3. The van der Waals surface area contributed by atoms with E-state index in [0.29, 0.717) is 11.4 Å². The minimum atomic E-state index is -0.292. The molecule has 1 atom stereocenters. The van der Waals surface area contributed by atoms with Gasteiger partial charge in [0.2, 0.25) is 0 Å². The summed E-state index contributed by atoms with van der Waals surface area (Å²) in [6, 6.07) is 5.31. The van der Waals surface area contributed by atoms with E-state index in [9.17, 15) is 4.79 Å². The molecule has 7 heteroatoms. The van der Waals surface area contributed by atoms with E-state index in [2.05, 4.69) is 20.8 Å². The topological polar surface area (TPSA) is 88.3 Å². The first-order valence-corrected chi connectivity index (χ1v) is 8.56. The van der Waals surface area contributed by atoms with Gasteiger partial charge in [0, 0.05) is 6.20 Å². The van der Waals surface area contributed by atoms with Crippen molar-refractivity contribution in [2.75, 3.05) is 12.4 Å². The maximum atomic E-state index is 12.0. The van der Waals surface area contributed by atoms with Gasteiger partial charge in [-0.3, -0.25) is 5.10 Å². The zero-order valence-electron chi connectivity index (χ0n) is 14.5. The molecule has 3 N–H and O–H groups in total. The van der Waals surface area contributed by atoms with Crippen molar-refractivity contribution in [2.45, 2.75) is 44.8 Å². The Morgan fingerprint density at radius 3 is 2.80 bits per heavy atom. The first kappa shape index (κ1) is 17.1. The highest BCUT2D eigenvalue weighted by atomic mass is 16.5. The maximum Gasteiger partial charge on any atom is 0.319 e. The molecule has 0 unspecified atom stereocenters. The van der Waals surface area contributed by atoms with E-state index in [4.69, 9.17) is 9.47 Å². The Morgan fingerprint density at radius 2 is 2.12 bits per heavy atom. The summed E-state index contributed by atoms with van der Waals surface area (Å²) in [5, 5.41) is 12.0. The molecule has 1 aliphatic carbocycles. The number of nitrogens with zero attached hydrogens (tertiary/aromatic N) is 1. The molecule has 0 radical (unpaired) electrons. The molecule has 1 aliphatic rings. The van der Waals surface area contributed by atoms with Crippen molar-refractivity contribution in [3.8, 4) is 11.5 Å². The number of rotatable bonds is 6. The number of aromatic amines is 1. The minimum Gasteiger partial charge on any atom is -0.493 e. The summed E-state index contributed by atoms with van der Waals surface area (Å²) in [6.07, 6.45) is 8.06. The fourth-order valence-electron chi connectivity index (χ4n) is 3.00. The van der Waals surface area contributed by atoms with E-state index < -0.39 is 0 Å². The van der Waals surface area contributed by atoms with Crippen molar-refractivity contribution >= 4 is 11.7 Å². The van der Waals surface area contributed by atoms with Crippen molar-refractivity contribution in [1.82, 2.24) is 15.5 Å². The molecule has 134 valence electrons. The molecule has 1 aromatic carbocycles. The van der Waals surface area contributed by atoms with Crippen LogP contribution in [0.3, 0.4) is 0 Å². The van der Waals surface area contributed by atoms with Crippen LogP contribution in [0, 0.1) is 0 Å². The van der Waals surface area contributed by atoms with Gasteiger partial charge in [-0.1, -0.05) is 6.07 Å². The van der Waals surface area contributed by atoms with Crippen molar-refractivity contribution in [2.24, 2.45) is 0 Å². The van der Waals surface area contributed by atoms with Crippen molar-refractivity contribution in [1.29, 1.82) is 0 Å². The van der Waals surface area contributed by atoms with Crippen LogP contribution in [0.1, 0.15) is 44.2 Å². The number of aromatic nitrogens is 2. The molecule has 2 aromatic rings. The van der Waals surface area contributed by atoms with Crippen LogP contribution in [-0.2, 0) is 0 Å². The Labute approximate surface area is 147 Å². The number of anilines is 1. The number of hydrogen-bond acceptors (Lipinski definition) is 4. The molecule has 1 saturated carbocycles. The number of urea groups is 1. The smallest absolute Gasteiger partial charge is 0.319 e. The van der Waals surface area contributed by atoms with Gasteiger partial charge in [0.25, 0.3) is 0 Å². The molecular formula is C18H24N4O3. The van der Waals surface area contributed by atoms with Crippen LogP contribution in [0.15, 0.2) is 30.6 Å². The predicted molar refractivity (Wildman–Crippen MR) is 95.0 cm³/mol. The van der Waals surface area contributed by atoms with Gasteiger partial charge in [-0.25, -0.2) is 4.79 Å². The summed E-state index contributed by atoms with van der Waals surface area (Å²) >= 11 is 0. The Balaban J connectivity index is 1.63. The van der Waals surface area contributed by atoms with E-state index in [-0.39, 0.29) is 18.2 Å². The standard InChI is InChI=1S/C18H24N4O3/c1-12(21-18(23)22-14-10-19-20-11-14)13-7-8-16(17(9-13)24-2)25-15-5-3-4-6-15/h7-12,15H,3-6H2,1-2H3,(H,19,20)(H2,21,22,23)/t12-/m0/s1. The first-order chi connectivity index (χ1) is 12.2. The first-order valence-electron chi connectivity index (χ1n) is 8.56. The van der Waals surface area contributed by atoms with Crippen LogP contribution < -0.4 is 20.1 Å². The minimum absolute atomic E-state index is 0.179. The van der Waals surface area contributed by atoms with Crippen molar-refractivity contribution < 1.29 is 14.3 Å². The molecule has 1 fully saturated rings. The Hall–Kier alpha value is -2.70. The quantitative estimate of drug-likeness (QED) is 0.747. The number of methoxy groups -OCH3 is 1. The lowest BCUT2D eigenvalue weighted by Gasteiger charge is -2.19. The third-order valence-corrected chi connectivity index (χ3v) is 4.39. The van der Waals surface area contributed by atoms with Gasteiger partial charge in [0.15, 0.2) is 11.5 Å². The zero-order chi connectivity index (χ0) is 17.6. The fourth-order valence-corrected chi connectivity index (χ4v) is 3.00. The van der Waals surface area contributed by atoms with Crippen LogP contribution >= 0.6 is 0 Å². The second-order valence-corrected chi connectivity index (χ2v) is 6.24. The normalized spacial score (nSPS) is 15.6.